The highest BCUT2D eigenvalue weighted by Crippen LogP contribution is 2.53. The van der Waals surface area contributed by atoms with Gasteiger partial charge in [-0.15, -0.1) is 0 Å². The number of benzene rings is 6. The summed E-state index contributed by atoms with van der Waals surface area (Å²) in [5.74, 6) is 3.75. The Balaban J connectivity index is 0.000000221. The van der Waals surface area contributed by atoms with Crippen molar-refractivity contribution >= 4 is 15.6 Å². The summed E-state index contributed by atoms with van der Waals surface area (Å²) >= 11 is 0. The lowest BCUT2D eigenvalue weighted by atomic mass is 9.90. The summed E-state index contributed by atoms with van der Waals surface area (Å²) in [4.78, 5) is 0. The van der Waals surface area contributed by atoms with Crippen LogP contribution in [0.25, 0.3) is 0 Å². The van der Waals surface area contributed by atoms with E-state index in [0.29, 0.717) is 46.3 Å². The Morgan fingerprint density at radius 3 is 0.983 bits per heavy atom. The van der Waals surface area contributed by atoms with Crippen molar-refractivity contribution < 1.29 is 36.3 Å². The van der Waals surface area contributed by atoms with Crippen molar-refractivity contribution in [2.45, 2.75) is 79.1 Å². The van der Waals surface area contributed by atoms with Crippen LogP contribution in [0.2, 0.25) is 0 Å². The molecule has 0 fully saturated rings. The topological polar surface area (TPSA) is 89.5 Å². The quantitative estimate of drug-likeness (QED) is 0.0892. The predicted molar refractivity (Wildman–Crippen MR) is 234 cm³/mol. The van der Waals surface area contributed by atoms with Crippen molar-refractivity contribution in [1.29, 1.82) is 0 Å². The molecular formula is C48H54O8P2. The van der Waals surface area contributed by atoms with Crippen LogP contribution in [-0.2, 0) is 9.13 Å². The van der Waals surface area contributed by atoms with Crippen LogP contribution >= 0.6 is 15.6 Å². The van der Waals surface area contributed by atoms with E-state index in [4.69, 9.17) is 27.1 Å². The Morgan fingerprint density at radius 2 is 0.621 bits per heavy atom. The Kier molecular flexibility index (Phi) is 15.3. The minimum Gasteiger partial charge on any atom is -0.386 e. The third kappa shape index (κ3) is 12.5. The van der Waals surface area contributed by atoms with Gasteiger partial charge < -0.3 is 27.1 Å². The van der Waals surface area contributed by atoms with Crippen LogP contribution in [0.1, 0.15) is 101 Å². The van der Waals surface area contributed by atoms with E-state index in [1.165, 1.54) is 5.56 Å². The summed E-state index contributed by atoms with van der Waals surface area (Å²) in [5.41, 5.74) is 4.27. The SMILES string of the molecule is CC(C)c1ccc(OP(=O)(Oc2ccccc2)Oc2ccccc2)cc1C(C)C.CC(C)c1ccccc1OP(=O)(Oc1ccccc1)Oc1ccccc1C(C)C. The van der Waals surface area contributed by atoms with Gasteiger partial charge in [-0.1, -0.05) is 152 Å². The van der Waals surface area contributed by atoms with Crippen LogP contribution in [0, 0.1) is 0 Å². The van der Waals surface area contributed by atoms with Crippen LogP contribution in [0.4, 0.5) is 0 Å². The van der Waals surface area contributed by atoms with Gasteiger partial charge in [0.15, 0.2) is 0 Å². The zero-order valence-electron chi connectivity index (χ0n) is 34.5. The smallest absolute Gasteiger partial charge is 0.386 e. The molecule has 0 unspecified atom stereocenters. The molecule has 6 rings (SSSR count). The lowest BCUT2D eigenvalue weighted by molar-refractivity contribution is 0.295. The van der Waals surface area contributed by atoms with E-state index in [1.54, 1.807) is 72.8 Å². The second-order valence-electron chi connectivity index (χ2n) is 14.9. The molecule has 304 valence electrons. The third-order valence-electron chi connectivity index (χ3n) is 8.90. The highest BCUT2D eigenvalue weighted by molar-refractivity contribution is 7.50. The van der Waals surface area contributed by atoms with Gasteiger partial charge in [0, 0.05) is 0 Å². The summed E-state index contributed by atoms with van der Waals surface area (Å²) in [5, 5.41) is 0. The maximum Gasteiger partial charge on any atom is 0.647 e. The van der Waals surface area contributed by atoms with Crippen molar-refractivity contribution in [1.82, 2.24) is 0 Å². The van der Waals surface area contributed by atoms with Gasteiger partial charge in [0.25, 0.3) is 0 Å². The van der Waals surface area contributed by atoms with Crippen molar-refractivity contribution in [3.05, 3.63) is 180 Å². The number of phosphoric ester groups is 2. The van der Waals surface area contributed by atoms with Crippen molar-refractivity contribution in [3.63, 3.8) is 0 Å². The maximum atomic E-state index is 13.8. The normalized spacial score (nSPS) is 11.5. The fourth-order valence-electron chi connectivity index (χ4n) is 6.03. The van der Waals surface area contributed by atoms with Crippen LogP contribution in [0.3, 0.4) is 0 Å². The molecule has 0 N–H and O–H groups in total. The Hall–Kier alpha value is -5.42. The standard InChI is InChI=1S/2C24H27O4P/c1-18(2)23-16-15-22(17-24(23)19(3)4)28-29(25,26-20-11-7-5-8-12-20)27-21-13-9-6-10-14-21;1-18(2)21-14-8-10-16-23(21)27-29(25,26-20-12-6-5-7-13-20)28-24-17-11-9-15-22(24)19(3)4/h2*5-19H,1-4H3. The maximum absolute atomic E-state index is 13.8. The summed E-state index contributed by atoms with van der Waals surface area (Å²) in [7, 11) is -7.99. The summed E-state index contributed by atoms with van der Waals surface area (Å²) in [6.45, 7) is 16.8. The minimum atomic E-state index is -4.02. The summed E-state index contributed by atoms with van der Waals surface area (Å²) < 4.78 is 62.3. The molecule has 0 aromatic heterocycles. The molecule has 0 bridgehead atoms. The molecule has 0 saturated carbocycles. The van der Waals surface area contributed by atoms with Gasteiger partial charge in [-0.25, -0.2) is 0 Å². The van der Waals surface area contributed by atoms with Gasteiger partial charge in [0.05, 0.1) is 0 Å². The van der Waals surface area contributed by atoms with Crippen LogP contribution in [-0.4, -0.2) is 0 Å². The number of hydrogen-bond donors (Lipinski definition) is 0. The number of para-hydroxylation sites is 5. The number of rotatable bonds is 16. The van der Waals surface area contributed by atoms with E-state index < -0.39 is 15.6 Å². The van der Waals surface area contributed by atoms with Gasteiger partial charge in [-0.05, 0) is 107 Å². The van der Waals surface area contributed by atoms with Gasteiger partial charge in [0.1, 0.15) is 34.5 Å². The summed E-state index contributed by atoms with van der Waals surface area (Å²) in [6.07, 6.45) is 0. The molecule has 6 aromatic carbocycles. The van der Waals surface area contributed by atoms with Crippen LogP contribution in [0.15, 0.2) is 158 Å². The predicted octanol–water partition coefficient (Wildman–Crippen LogP) is 15.2. The molecule has 0 radical (unpaired) electrons. The molecule has 0 aliphatic rings. The highest BCUT2D eigenvalue weighted by Gasteiger charge is 2.36. The molecule has 0 spiro atoms. The zero-order valence-corrected chi connectivity index (χ0v) is 36.3. The second kappa shape index (κ2) is 20.3. The largest absolute Gasteiger partial charge is 0.647 e. The number of phosphoric acid groups is 2. The molecule has 0 aliphatic heterocycles. The van der Waals surface area contributed by atoms with E-state index in [-0.39, 0.29) is 11.8 Å². The lowest BCUT2D eigenvalue weighted by Gasteiger charge is -2.23. The highest BCUT2D eigenvalue weighted by atomic mass is 31.2. The fourth-order valence-corrected chi connectivity index (χ4v) is 8.58. The van der Waals surface area contributed by atoms with Gasteiger partial charge >= 0.3 is 15.6 Å². The molecule has 0 saturated heterocycles. The van der Waals surface area contributed by atoms with Crippen LogP contribution in [0.5, 0.6) is 34.5 Å². The Labute approximate surface area is 344 Å². The molecule has 8 nitrogen and oxygen atoms in total. The molecule has 0 atom stereocenters. The van der Waals surface area contributed by atoms with E-state index >= 15 is 0 Å². The molecule has 0 heterocycles. The van der Waals surface area contributed by atoms with Crippen molar-refractivity contribution in [2.75, 3.05) is 0 Å². The monoisotopic (exact) mass is 820 g/mol. The molecule has 10 heteroatoms. The number of hydrogen-bond acceptors (Lipinski definition) is 8. The van der Waals surface area contributed by atoms with E-state index in [9.17, 15) is 9.13 Å². The van der Waals surface area contributed by atoms with Gasteiger partial charge in [-0.2, -0.15) is 9.13 Å². The molecule has 6 aromatic rings. The third-order valence-corrected chi connectivity index (χ3v) is 11.5. The Bertz CT molecular complexity index is 2170. The second-order valence-corrected chi connectivity index (χ2v) is 17.8. The van der Waals surface area contributed by atoms with Gasteiger partial charge in [0.2, 0.25) is 0 Å². The molecule has 58 heavy (non-hydrogen) atoms. The van der Waals surface area contributed by atoms with Crippen molar-refractivity contribution in [3.8, 4) is 34.5 Å². The summed E-state index contributed by atoms with van der Waals surface area (Å²) in [6, 6.07) is 47.5. The Morgan fingerprint density at radius 1 is 0.310 bits per heavy atom. The molecule has 0 amide bonds. The zero-order chi connectivity index (χ0) is 41.7. The van der Waals surface area contributed by atoms with E-state index in [0.717, 1.165) is 16.7 Å². The minimum absolute atomic E-state index is 0.194. The first-order valence-corrected chi connectivity index (χ1v) is 22.5. The average molecular weight is 821 g/mol. The molecular weight excluding hydrogens is 766 g/mol. The lowest BCUT2D eigenvalue weighted by Crippen LogP contribution is -2.10. The van der Waals surface area contributed by atoms with E-state index in [1.807, 2.05) is 84.9 Å². The van der Waals surface area contributed by atoms with Crippen LogP contribution < -0.4 is 27.1 Å². The van der Waals surface area contributed by atoms with E-state index in [2.05, 4.69) is 55.4 Å². The fraction of sp³-hybridized carbons (Fsp3) is 0.250. The molecule has 0 aliphatic carbocycles. The first-order valence-electron chi connectivity index (χ1n) is 19.6. The first-order chi connectivity index (χ1) is 27.7. The average Bonchev–Trinajstić information content (AvgIpc) is 3.19. The van der Waals surface area contributed by atoms with Gasteiger partial charge in [-0.3, -0.25) is 0 Å². The van der Waals surface area contributed by atoms with Crippen molar-refractivity contribution in [2.24, 2.45) is 0 Å². The first kappa shape index (κ1) is 43.7.